The summed E-state index contributed by atoms with van der Waals surface area (Å²) >= 11 is 0. The van der Waals surface area contributed by atoms with Gasteiger partial charge in [-0.3, -0.25) is 4.79 Å². The normalized spacial score (nSPS) is 12.0. The van der Waals surface area contributed by atoms with Crippen molar-refractivity contribution in [3.05, 3.63) is 58.9 Å². The van der Waals surface area contributed by atoms with Crippen LogP contribution in [0, 0.1) is 12.7 Å². The van der Waals surface area contributed by atoms with Crippen LogP contribution in [0.3, 0.4) is 0 Å². The number of hydrogen-bond acceptors (Lipinski definition) is 3. The molecule has 0 saturated carbocycles. The van der Waals surface area contributed by atoms with Crippen LogP contribution in [0.15, 0.2) is 36.4 Å². The van der Waals surface area contributed by atoms with E-state index in [1.54, 1.807) is 26.0 Å². The molecule has 0 radical (unpaired) electrons. The van der Waals surface area contributed by atoms with Crippen molar-refractivity contribution >= 4 is 5.91 Å². The van der Waals surface area contributed by atoms with Gasteiger partial charge in [0.1, 0.15) is 5.82 Å². The number of halogens is 1. The lowest BCUT2D eigenvalue weighted by Gasteiger charge is -2.15. The number of benzene rings is 2. The van der Waals surface area contributed by atoms with Crippen molar-refractivity contribution in [2.24, 2.45) is 0 Å². The second kappa shape index (κ2) is 5.83. The standard InChI is InChI=1S/C16H16FNO3/c1-9-3-4-11(7-13(9)17)10(2)18-16(21)12-5-6-14(19)15(20)8-12/h3-8,10,19-20H,1-2H3,(H,18,21). The second-order valence-electron chi connectivity index (χ2n) is 4.91. The SMILES string of the molecule is Cc1ccc(C(C)NC(=O)c2ccc(O)c(O)c2)cc1F. The van der Waals surface area contributed by atoms with Gasteiger partial charge in [0.05, 0.1) is 6.04 Å². The first-order chi connectivity index (χ1) is 9.88. The molecule has 5 heteroatoms. The van der Waals surface area contributed by atoms with Gasteiger partial charge in [0.2, 0.25) is 0 Å². The molecule has 1 atom stereocenters. The molecule has 1 unspecified atom stereocenters. The molecule has 0 heterocycles. The third kappa shape index (κ3) is 3.31. The summed E-state index contributed by atoms with van der Waals surface area (Å²) in [5.74, 6) is -1.40. The van der Waals surface area contributed by atoms with Crippen molar-refractivity contribution in [1.82, 2.24) is 5.32 Å². The highest BCUT2D eigenvalue weighted by atomic mass is 19.1. The molecular formula is C16H16FNO3. The average molecular weight is 289 g/mol. The van der Waals surface area contributed by atoms with Gasteiger partial charge in [-0.2, -0.15) is 0 Å². The fourth-order valence-corrected chi connectivity index (χ4v) is 1.91. The summed E-state index contributed by atoms with van der Waals surface area (Å²) in [7, 11) is 0. The van der Waals surface area contributed by atoms with Crippen LogP contribution in [0.1, 0.15) is 34.5 Å². The largest absolute Gasteiger partial charge is 0.504 e. The lowest BCUT2D eigenvalue weighted by atomic mass is 10.1. The van der Waals surface area contributed by atoms with Crippen LogP contribution >= 0.6 is 0 Å². The molecule has 0 spiro atoms. The maximum atomic E-state index is 13.5. The first-order valence-electron chi connectivity index (χ1n) is 6.47. The first-order valence-corrected chi connectivity index (χ1v) is 6.47. The molecule has 2 aromatic carbocycles. The Morgan fingerprint density at radius 1 is 1.14 bits per heavy atom. The van der Waals surface area contributed by atoms with Gasteiger partial charge in [-0.25, -0.2) is 4.39 Å². The summed E-state index contributed by atoms with van der Waals surface area (Å²) in [4.78, 5) is 12.0. The fraction of sp³-hybridized carbons (Fsp3) is 0.188. The quantitative estimate of drug-likeness (QED) is 0.761. The van der Waals surface area contributed by atoms with Gasteiger partial charge in [-0.1, -0.05) is 12.1 Å². The minimum atomic E-state index is -0.418. The molecule has 1 amide bonds. The molecule has 4 nitrogen and oxygen atoms in total. The summed E-state index contributed by atoms with van der Waals surface area (Å²) in [6, 6.07) is 8.20. The van der Waals surface area contributed by atoms with Crippen molar-refractivity contribution < 1.29 is 19.4 Å². The Kier molecular flexibility index (Phi) is 4.12. The van der Waals surface area contributed by atoms with Crippen molar-refractivity contribution in [3.63, 3.8) is 0 Å². The number of carbonyl (C=O) groups excluding carboxylic acids is 1. The van der Waals surface area contributed by atoms with Gasteiger partial charge in [-0.05, 0) is 49.2 Å². The summed E-state index contributed by atoms with van der Waals surface area (Å²) in [6.45, 7) is 3.41. The summed E-state index contributed by atoms with van der Waals surface area (Å²) < 4.78 is 13.5. The number of phenolic OH excluding ortho intramolecular Hbond substituents is 2. The smallest absolute Gasteiger partial charge is 0.251 e. The Morgan fingerprint density at radius 3 is 2.48 bits per heavy atom. The van der Waals surface area contributed by atoms with Crippen molar-refractivity contribution in [2.45, 2.75) is 19.9 Å². The third-order valence-corrected chi connectivity index (χ3v) is 3.28. The molecule has 0 aliphatic heterocycles. The number of phenols is 2. The van der Waals surface area contributed by atoms with Gasteiger partial charge in [0.15, 0.2) is 11.5 Å². The molecule has 21 heavy (non-hydrogen) atoms. The van der Waals surface area contributed by atoms with Crippen molar-refractivity contribution in [2.75, 3.05) is 0 Å². The van der Waals surface area contributed by atoms with E-state index in [-0.39, 0.29) is 28.9 Å². The highest BCUT2D eigenvalue weighted by molar-refractivity contribution is 5.95. The van der Waals surface area contributed by atoms with Crippen LogP contribution in [0.25, 0.3) is 0 Å². The van der Waals surface area contributed by atoms with Crippen molar-refractivity contribution in [3.8, 4) is 11.5 Å². The molecular weight excluding hydrogens is 273 g/mol. The van der Waals surface area contributed by atoms with E-state index in [2.05, 4.69) is 5.32 Å². The number of aromatic hydroxyl groups is 2. The first kappa shape index (κ1) is 14.8. The predicted octanol–water partition coefficient (Wildman–Crippen LogP) is 3.04. The van der Waals surface area contributed by atoms with Crippen LogP contribution < -0.4 is 5.32 Å². The molecule has 3 N–H and O–H groups in total. The van der Waals surface area contributed by atoms with E-state index in [0.29, 0.717) is 11.1 Å². The van der Waals surface area contributed by atoms with E-state index in [9.17, 15) is 19.4 Å². The van der Waals surface area contributed by atoms with E-state index in [1.807, 2.05) is 0 Å². The second-order valence-corrected chi connectivity index (χ2v) is 4.91. The Labute approximate surface area is 121 Å². The lowest BCUT2D eigenvalue weighted by Crippen LogP contribution is -2.26. The molecule has 0 fully saturated rings. The molecule has 110 valence electrons. The monoisotopic (exact) mass is 289 g/mol. The van der Waals surface area contributed by atoms with E-state index < -0.39 is 5.91 Å². The minimum Gasteiger partial charge on any atom is -0.504 e. The van der Waals surface area contributed by atoms with Crippen LogP contribution in [-0.4, -0.2) is 16.1 Å². The highest BCUT2D eigenvalue weighted by Crippen LogP contribution is 2.25. The van der Waals surface area contributed by atoms with Crippen LogP contribution in [0.5, 0.6) is 11.5 Å². The fourth-order valence-electron chi connectivity index (χ4n) is 1.91. The van der Waals surface area contributed by atoms with Crippen LogP contribution in [0.2, 0.25) is 0 Å². The summed E-state index contributed by atoms with van der Waals surface area (Å²) in [5.41, 5.74) is 1.40. The molecule has 2 rings (SSSR count). The van der Waals surface area contributed by atoms with Gasteiger partial charge in [0.25, 0.3) is 5.91 Å². The zero-order valence-corrected chi connectivity index (χ0v) is 11.7. The summed E-state index contributed by atoms with van der Waals surface area (Å²) in [5, 5.41) is 21.3. The highest BCUT2D eigenvalue weighted by Gasteiger charge is 2.14. The van der Waals surface area contributed by atoms with E-state index >= 15 is 0 Å². The number of aryl methyl sites for hydroxylation is 1. The zero-order valence-electron chi connectivity index (χ0n) is 11.7. The Bertz CT molecular complexity index is 685. The van der Waals surface area contributed by atoms with Gasteiger partial charge in [0, 0.05) is 5.56 Å². The summed E-state index contributed by atoms with van der Waals surface area (Å²) in [6.07, 6.45) is 0. The third-order valence-electron chi connectivity index (χ3n) is 3.28. The minimum absolute atomic E-state index is 0.213. The predicted molar refractivity (Wildman–Crippen MR) is 76.8 cm³/mol. The van der Waals surface area contributed by atoms with Crippen molar-refractivity contribution in [1.29, 1.82) is 0 Å². The number of amides is 1. The van der Waals surface area contributed by atoms with E-state index in [1.165, 1.54) is 24.3 Å². The zero-order chi connectivity index (χ0) is 15.6. The molecule has 0 aliphatic rings. The number of hydrogen-bond donors (Lipinski definition) is 3. The maximum absolute atomic E-state index is 13.5. The van der Waals surface area contributed by atoms with Crippen LogP contribution in [-0.2, 0) is 0 Å². The molecule has 2 aromatic rings. The van der Waals surface area contributed by atoms with Crippen LogP contribution in [0.4, 0.5) is 4.39 Å². The number of nitrogens with one attached hydrogen (secondary N) is 1. The van der Waals surface area contributed by atoms with E-state index in [4.69, 9.17) is 0 Å². The molecule has 0 aliphatic carbocycles. The average Bonchev–Trinajstić information content (AvgIpc) is 2.44. The lowest BCUT2D eigenvalue weighted by molar-refractivity contribution is 0.0939. The van der Waals surface area contributed by atoms with Gasteiger partial charge >= 0.3 is 0 Å². The topological polar surface area (TPSA) is 69.6 Å². The number of rotatable bonds is 3. The molecule has 0 aromatic heterocycles. The number of carbonyl (C=O) groups is 1. The van der Waals surface area contributed by atoms with E-state index in [0.717, 1.165) is 0 Å². The maximum Gasteiger partial charge on any atom is 0.251 e. The molecule has 0 bridgehead atoms. The van der Waals surface area contributed by atoms with Gasteiger partial charge < -0.3 is 15.5 Å². The Hall–Kier alpha value is -2.56. The Morgan fingerprint density at radius 2 is 1.86 bits per heavy atom. The van der Waals surface area contributed by atoms with Gasteiger partial charge in [-0.15, -0.1) is 0 Å². The molecule has 0 saturated heterocycles. The Balaban J connectivity index is 2.14.